The molecule has 6 nitrogen and oxygen atoms in total. The van der Waals surface area contributed by atoms with Crippen molar-refractivity contribution >= 4 is 11.9 Å². The van der Waals surface area contributed by atoms with Crippen LogP contribution in [-0.2, 0) is 13.0 Å². The van der Waals surface area contributed by atoms with Gasteiger partial charge in [0.2, 0.25) is 0 Å². The molecule has 3 rings (SSSR count). The average Bonchev–Trinajstić information content (AvgIpc) is 2.83. The predicted molar refractivity (Wildman–Crippen MR) is 125 cm³/mol. The van der Waals surface area contributed by atoms with Gasteiger partial charge in [-0.05, 0) is 42.3 Å². The van der Waals surface area contributed by atoms with Crippen molar-refractivity contribution in [3.8, 4) is 11.5 Å². The Balaban J connectivity index is 1.55. The predicted octanol–water partition coefficient (Wildman–Crippen LogP) is 3.89. The van der Waals surface area contributed by atoms with E-state index in [0.717, 1.165) is 17.5 Å². The second-order valence-electron chi connectivity index (χ2n) is 7.02. The van der Waals surface area contributed by atoms with Gasteiger partial charge in [0.25, 0.3) is 5.91 Å². The van der Waals surface area contributed by atoms with Crippen LogP contribution in [-0.4, -0.2) is 32.5 Å². The minimum atomic E-state index is -0.409. The number of amides is 1. The molecular formula is C25H27FN4O2. The third-order valence-electron chi connectivity index (χ3n) is 4.82. The number of carbonyl (C=O) groups excluding carboxylic acids is 1. The van der Waals surface area contributed by atoms with E-state index in [2.05, 4.69) is 20.9 Å². The van der Waals surface area contributed by atoms with E-state index in [1.807, 2.05) is 36.4 Å². The fourth-order valence-electron chi connectivity index (χ4n) is 3.13. The van der Waals surface area contributed by atoms with Crippen LogP contribution >= 0.6 is 0 Å². The molecule has 32 heavy (non-hydrogen) atoms. The van der Waals surface area contributed by atoms with Crippen LogP contribution in [0.5, 0.6) is 11.5 Å². The zero-order valence-corrected chi connectivity index (χ0v) is 18.2. The Morgan fingerprint density at radius 1 is 0.969 bits per heavy atom. The molecule has 0 fully saturated rings. The number of hydrogen-bond acceptors (Lipinski definition) is 3. The molecule has 3 N–H and O–H groups in total. The fourth-order valence-corrected chi connectivity index (χ4v) is 3.13. The minimum absolute atomic E-state index is 0.103. The van der Waals surface area contributed by atoms with Gasteiger partial charge in [-0.25, -0.2) is 4.39 Å². The fraction of sp³-hybridized carbons (Fsp3) is 0.200. The van der Waals surface area contributed by atoms with Gasteiger partial charge in [-0.15, -0.1) is 0 Å². The molecule has 0 heterocycles. The van der Waals surface area contributed by atoms with Crippen molar-refractivity contribution in [1.29, 1.82) is 0 Å². The highest BCUT2D eigenvalue weighted by Gasteiger charge is 2.09. The van der Waals surface area contributed by atoms with Crippen LogP contribution in [0.1, 0.15) is 21.5 Å². The quantitative estimate of drug-likeness (QED) is 0.372. The number of guanidine groups is 1. The number of hydrogen-bond donors (Lipinski definition) is 3. The molecule has 7 heteroatoms. The first kappa shape index (κ1) is 22.8. The molecular weight excluding hydrogens is 407 g/mol. The van der Waals surface area contributed by atoms with Gasteiger partial charge in [0, 0.05) is 38.3 Å². The lowest BCUT2D eigenvalue weighted by atomic mass is 10.1. The molecule has 0 saturated carbocycles. The average molecular weight is 435 g/mol. The normalized spacial score (nSPS) is 11.0. The first-order chi connectivity index (χ1) is 15.6. The van der Waals surface area contributed by atoms with E-state index in [0.29, 0.717) is 30.4 Å². The summed E-state index contributed by atoms with van der Waals surface area (Å²) < 4.78 is 19.7. The Morgan fingerprint density at radius 2 is 1.72 bits per heavy atom. The number of nitrogens with zero attached hydrogens (tertiary/aromatic N) is 1. The SMILES string of the molecule is CN=C(NCCc1cccc(C(=O)NC)c1)NCc1ccccc1Oc1ccccc1F. The summed E-state index contributed by atoms with van der Waals surface area (Å²) in [5.74, 6) is 0.878. The Kier molecular flexibility index (Phi) is 8.20. The third-order valence-corrected chi connectivity index (χ3v) is 4.82. The molecule has 166 valence electrons. The molecule has 0 aliphatic rings. The van der Waals surface area contributed by atoms with Crippen molar-refractivity contribution in [3.05, 3.63) is 95.3 Å². The zero-order valence-electron chi connectivity index (χ0n) is 18.2. The highest BCUT2D eigenvalue weighted by molar-refractivity contribution is 5.94. The van der Waals surface area contributed by atoms with E-state index in [1.54, 1.807) is 44.4 Å². The standard InChI is InChI=1S/C25H27FN4O2/c1-27-24(31)19-10-7-8-18(16-19)14-15-29-25(28-2)30-17-20-9-3-5-12-22(20)32-23-13-6-4-11-21(23)26/h3-13,16H,14-15,17H2,1-2H3,(H,27,31)(H2,28,29,30). The maximum atomic E-state index is 14.0. The van der Waals surface area contributed by atoms with E-state index >= 15 is 0 Å². The van der Waals surface area contributed by atoms with Crippen LogP contribution in [0.3, 0.4) is 0 Å². The zero-order chi connectivity index (χ0) is 22.8. The maximum absolute atomic E-state index is 14.0. The van der Waals surface area contributed by atoms with Gasteiger partial charge in [0.05, 0.1) is 0 Å². The molecule has 0 saturated heterocycles. The van der Waals surface area contributed by atoms with Gasteiger partial charge < -0.3 is 20.7 Å². The summed E-state index contributed by atoms with van der Waals surface area (Å²) >= 11 is 0. The number of ether oxygens (including phenoxy) is 1. The Morgan fingerprint density at radius 3 is 2.47 bits per heavy atom. The van der Waals surface area contributed by atoms with Crippen LogP contribution in [0.15, 0.2) is 77.8 Å². The summed E-state index contributed by atoms with van der Waals surface area (Å²) in [6.07, 6.45) is 0.735. The van der Waals surface area contributed by atoms with Gasteiger partial charge in [-0.3, -0.25) is 9.79 Å². The monoisotopic (exact) mass is 434 g/mol. The maximum Gasteiger partial charge on any atom is 0.251 e. The number of carbonyl (C=O) groups is 1. The third kappa shape index (κ3) is 6.31. The van der Waals surface area contributed by atoms with E-state index in [9.17, 15) is 9.18 Å². The minimum Gasteiger partial charge on any atom is -0.454 e. The largest absolute Gasteiger partial charge is 0.454 e. The van der Waals surface area contributed by atoms with Crippen molar-refractivity contribution in [2.45, 2.75) is 13.0 Å². The van der Waals surface area contributed by atoms with Gasteiger partial charge in [0.15, 0.2) is 17.5 Å². The number of aliphatic imine (C=N–C) groups is 1. The number of nitrogens with one attached hydrogen (secondary N) is 3. The van der Waals surface area contributed by atoms with Crippen molar-refractivity contribution in [2.24, 2.45) is 4.99 Å². The number of para-hydroxylation sites is 2. The summed E-state index contributed by atoms with van der Waals surface area (Å²) in [5.41, 5.74) is 2.56. The second-order valence-corrected chi connectivity index (χ2v) is 7.02. The van der Waals surface area contributed by atoms with E-state index in [1.165, 1.54) is 6.07 Å². The summed E-state index contributed by atoms with van der Waals surface area (Å²) in [5, 5.41) is 9.15. The second kappa shape index (κ2) is 11.5. The molecule has 0 aromatic heterocycles. The molecule has 0 unspecified atom stereocenters. The van der Waals surface area contributed by atoms with Gasteiger partial charge in [-0.2, -0.15) is 0 Å². The van der Waals surface area contributed by atoms with Crippen LogP contribution < -0.4 is 20.7 Å². The number of benzene rings is 3. The molecule has 0 aliphatic carbocycles. The first-order valence-corrected chi connectivity index (χ1v) is 10.4. The Bertz CT molecular complexity index is 1080. The Hall–Kier alpha value is -3.87. The van der Waals surface area contributed by atoms with Crippen LogP contribution in [0.4, 0.5) is 4.39 Å². The lowest BCUT2D eigenvalue weighted by Crippen LogP contribution is -2.37. The molecule has 0 spiro atoms. The molecule has 0 aliphatic heterocycles. The summed E-state index contributed by atoms with van der Waals surface area (Å²) in [6, 6.07) is 21.3. The van der Waals surface area contributed by atoms with Gasteiger partial charge in [0.1, 0.15) is 5.75 Å². The molecule has 0 radical (unpaired) electrons. The number of halogens is 1. The van der Waals surface area contributed by atoms with E-state index < -0.39 is 5.82 Å². The number of rotatable bonds is 8. The summed E-state index contributed by atoms with van der Waals surface area (Å²) in [7, 11) is 3.31. The van der Waals surface area contributed by atoms with Gasteiger partial charge in [-0.1, -0.05) is 42.5 Å². The lowest BCUT2D eigenvalue weighted by Gasteiger charge is -2.15. The Labute approximate surface area is 187 Å². The summed E-state index contributed by atoms with van der Waals surface area (Å²) in [4.78, 5) is 16.0. The lowest BCUT2D eigenvalue weighted by molar-refractivity contribution is 0.0963. The first-order valence-electron chi connectivity index (χ1n) is 10.4. The van der Waals surface area contributed by atoms with Crippen molar-refractivity contribution in [3.63, 3.8) is 0 Å². The van der Waals surface area contributed by atoms with Crippen LogP contribution in [0, 0.1) is 5.82 Å². The van der Waals surface area contributed by atoms with Crippen LogP contribution in [0.2, 0.25) is 0 Å². The molecule has 3 aromatic rings. The van der Waals surface area contributed by atoms with Gasteiger partial charge >= 0.3 is 0 Å². The topological polar surface area (TPSA) is 74.8 Å². The van der Waals surface area contributed by atoms with E-state index in [-0.39, 0.29) is 11.7 Å². The van der Waals surface area contributed by atoms with Crippen molar-refractivity contribution in [2.75, 3.05) is 20.6 Å². The van der Waals surface area contributed by atoms with E-state index in [4.69, 9.17) is 4.74 Å². The molecule has 1 amide bonds. The highest BCUT2D eigenvalue weighted by Crippen LogP contribution is 2.27. The molecule has 3 aromatic carbocycles. The smallest absolute Gasteiger partial charge is 0.251 e. The summed E-state index contributed by atoms with van der Waals surface area (Å²) in [6.45, 7) is 1.10. The highest BCUT2D eigenvalue weighted by atomic mass is 19.1. The molecule has 0 bridgehead atoms. The van der Waals surface area contributed by atoms with Crippen molar-refractivity contribution < 1.29 is 13.9 Å². The van der Waals surface area contributed by atoms with Crippen LogP contribution in [0.25, 0.3) is 0 Å². The molecule has 0 atom stereocenters. The van der Waals surface area contributed by atoms with Crippen molar-refractivity contribution in [1.82, 2.24) is 16.0 Å².